The van der Waals surface area contributed by atoms with Crippen LogP contribution in [0.5, 0.6) is 0 Å². The SMILES string of the molecule is Cc1ccccc1C(=O)NC1CCN(C(=O)CNC(=O)[C@@H](N)C(C)C)CC1.Cl. The number of halogens is 1. The minimum atomic E-state index is -0.611. The molecule has 0 aliphatic carbocycles. The van der Waals surface area contributed by atoms with Crippen molar-refractivity contribution in [3.63, 3.8) is 0 Å². The first-order chi connectivity index (χ1) is 12.8. The molecule has 0 radical (unpaired) electrons. The third-order valence-corrected chi connectivity index (χ3v) is 5.01. The van der Waals surface area contributed by atoms with Crippen LogP contribution in [0.15, 0.2) is 24.3 Å². The fourth-order valence-corrected chi connectivity index (χ4v) is 3.06. The molecule has 1 aliphatic heterocycles. The number of nitrogens with one attached hydrogen (secondary N) is 2. The normalized spacial score (nSPS) is 15.5. The van der Waals surface area contributed by atoms with Crippen LogP contribution in [-0.4, -0.2) is 54.3 Å². The second-order valence-corrected chi connectivity index (χ2v) is 7.43. The maximum atomic E-state index is 12.4. The summed E-state index contributed by atoms with van der Waals surface area (Å²) in [6.07, 6.45) is 1.39. The van der Waals surface area contributed by atoms with Gasteiger partial charge in [0.1, 0.15) is 0 Å². The van der Waals surface area contributed by atoms with Crippen molar-refractivity contribution in [3.05, 3.63) is 35.4 Å². The molecule has 156 valence electrons. The standard InChI is InChI=1S/C20H30N4O3.ClH/c1-13(2)18(21)20(27)22-12-17(25)24-10-8-15(9-11-24)23-19(26)16-7-5-4-6-14(16)3;/h4-7,13,15,18H,8-12,21H2,1-3H3,(H,22,27)(H,23,26);1H/t18-;/m0./s1. The lowest BCUT2D eigenvalue weighted by atomic mass is 10.0. The lowest BCUT2D eigenvalue weighted by molar-refractivity contribution is -0.134. The van der Waals surface area contributed by atoms with Gasteiger partial charge in [-0.2, -0.15) is 0 Å². The second kappa shape index (κ2) is 11.0. The van der Waals surface area contributed by atoms with Gasteiger partial charge in [0.05, 0.1) is 12.6 Å². The Bertz CT molecular complexity index is 688. The van der Waals surface area contributed by atoms with Crippen molar-refractivity contribution in [2.24, 2.45) is 11.7 Å². The zero-order valence-electron chi connectivity index (χ0n) is 16.7. The van der Waals surface area contributed by atoms with Crippen LogP contribution in [0.4, 0.5) is 0 Å². The van der Waals surface area contributed by atoms with Gasteiger partial charge in [-0.1, -0.05) is 32.0 Å². The minimum absolute atomic E-state index is 0. The molecule has 1 saturated heterocycles. The third-order valence-electron chi connectivity index (χ3n) is 5.01. The molecular formula is C20H31ClN4O3. The maximum absolute atomic E-state index is 12.4. The number of piperidine rings is 1. The van der Waals surface area contributed by atoms with E-state index in [2.05, 4.69) is 10.6 Å². The Morgan fingerprint density at radius 2 is 1.79 bits per heavy atom. The molecule has 1 heterocycles. The van der Waals surface area contributed by atoms with Crippen LogP contribution >= 0.6 is 12.4 Å². The second-order valence-electron chi connectivity index (χ2n) is 7.43. The van der Waals surface area contributed by atoms with Crippen molar-refractivity contribution in [2.45, 2.75) is 45.7 Å². The summed E-state index contributed by atoms with van der Waals surface area (Å²) in [5, 5.41) is 5.66. The smallest absolute Gasteiger partial charge is 0.251 e. The molecule has 1 aromatic carbocycles. The predicted molar refractivity (Wildman–Crippen MR) is 111 cm³/mol. The molecule has 1 atom stereocenters. The van der Waals surface area contributed by atoms with Gasteiger partial charge < -0.3 is 21.3 Å². The van der Waals surface area contributed by atoms with Gasteiger partial charge in [-0.3, -0.25) is 14.4 Å². The molecule has 1 fully saturated rings. The van der Waals surface area contributed by atoms with E-state index in [0.29, 0.717) is 31.5 Å². The van der Waals surface area contributed by atoms with E-state index >= 15 is 0 Å². The van der Waals surface area contributed by atoms with E-state index in [9.17, 15) is 14.4 Å². The minimum Gasteiger partial charge on any atom is -0.349 e. The van der Waals surface area contributed by atoms with Crippen LogP contribution in [0.25, 0.3) is 0 Å². The van der Waals surface area contributed by atoms with Gasteiger partial charge in [0.2, 0.25) is 11.8 Å². The summed E-state index contributed by atoms with van der Waals surface area (Å²) in [6, 6.07) is 6.92. The number of carbonyl (C=O) groups excluding carboxylic acids is 3. The van der Waals surface area contributed by atoms with Gasteiger partial charge in [0.25, 0.3) is 5.91 Å². The molecule has 2 rings (SSSR count). The van der Waals surface area contributed by atoms with E-state index in [4.69, 9.17) is 5.73 Å². The summed E-state index contributed by atoms with van der Waals surface area (Å²) in [5.74, 6) is -0.484. The molecule has 4 N–H and O–H groups in total. The van der Waals surface area contributed by atoms with Crippen LogP contribution in [0.1, 0.15) is 42.6 Å². The summed E-state index contributed by atoms with van der Waals surface area (Å²) in [4.78, 5) is 38.2. The Morgan fingerprint density at radius 1 is 1.18 bits per heavy atom. The number of hydrogen-bond donors (Lipinski definition) is 3. The number of aryl methyl sites for hydroxylation is 1. The average molecular weight is 411 g/mol. The average Bonchev–Trinajstić information content (AvgIpc) is 2.65. The van der Waals surface area contributed by atoms with E-state index in [-0.39, 0.29) is 48.6 Å². The summed E-state index contributed by atoms with van der Waals surface area (Å²) in [6.45, 7) is 6.71. The number of benzene rings is 1. The van der Waals surface area contributed by atoms with E-state index in [1.54, 1.807) is 4.90 Å². The molecule has 0 aromatic heterocycles. The summed E-state index contributed by atoms with van der Waals surface area (Å²) < 4.78 is 0. The van der Waals surface area contributed by atoms with Gasteiger partial charge >= 0.3 is 0 Å². The van der Waals surface area contributed by atoms with Crippen molar-refractivity contribution in [1.82, 2.24) is 15.5 Å². The maximum Gasteiger partial charge on any atom is 0.251 e. The Kier molecular flexibility index (Phi) is 9.41. The van der Waals surface area contributed by atoms with Gasteiger partial charge in [0.15, 0.2) is 0 Å². The zero-order valence-corrected chi connectivity index (χ0v) is 17.6. The van der Waals surface area contributed by atoms with Crippen LogP contribution in [0.3, 0.4) is 0 Å². The number of carbonyl (C=O) groups is 3. The fourth-order valence-electron chi connectivity index (χ4n) is 3.06. The fraction of sp³-hybridized carbons (Fsp3) is 0.550. The highest BCUT2D eigenvalue weighted by Gasteiger charge is 2.25. The molecule has 8 heteroatoms. The van der Waals surface area contributed by atoms with Crippen molar-refractivity contribution in [3.8, 4) is 0 Å². The molecule has 0 bridgehead atoms. The van der Waals surface area contributed by atoms with Gasteiger partial charge in [0, 0.05) is 24.7 Å². The highest BCUT2D eigenvalue weighted by molar-refractivity contribution is 5.95. The van der Waals surface area contributed by atoms with Crippen LogP contribution in [-0.2, 0) is 9.59 Å². The quantitative estimate of drug-likeness (QED) is 0.656. The lowest BCUT2D eigenvalue weighted by Crippen LogP contribution is -2.51. The summed E-state index contributed by atoms with van der Waals surface area (Å²) >= 11 is 0. The molecule has 0 unspecified atom stereocenters. The largest absolute Gasteiger partial charge is 0.349 e. The Morgan fingerprint density at radius 3 is 2.36 bits per heavy atom. The lowest BCUT2D eigenvalue weighted by Gasteiger charge is -2.32. The van der Waals surface area contributed by atoms with Crippen LogP contribution in [0, 0.1) is 12.8 Å². The zero-order chi connectivity index (χ0) is 20.0. The first-order valence-electron chi connectivity index (χ1n) is 9.47. The van der Waals surface area contributed by atoms with Crippen molar-refractivity contribution in [1.29, 1.82) is 0 Å². The van der Waals surface area contributed by atoms with Crippen molar-refractivity contribution >= 4 is 30.1 Å². The number of nitrogens with two attached hydrogens (primary N) is 1. The van der Waals surface area contributed by atoms with E-state index < -0.39 is 6.04 Å². The number of hydrogen-bond acceptors (Lipinski definition) is 4. The highest BCUT2D eigenvalue weighted by atomic mass is 35.5. The summed E-state index contributed by atoms with van der Waals surface area (Å²) in [5.41, 5.74) is 7.39. The molecule has 28 heavy (non-hydrogen) atoms. The molecule has 0 spiro atoms. The highest BCUT2D eigenvalue weighted by Crippen LogP contribution is 2.13. The van der Waals surface area contributed by atoms with Gasteiger partial charge in [-0.15, -0.1) is 12.4 Å². The molecule has 3 amide bonds. The van der Waals surface area contributed by atoms with Crippen LogP contribution in [0.2, 0.25) is 0 Å². The Labute approximate surface area is 172 Å². The Hall–Kier alpha value is -2.12. The van der Waals surface area contributed by atoms with Gasteiger partial charge in [-0.25, -0.2) is 0 Å². The monoisotopic (exact) mass is 410 g/mol. The van der Waals surface area contributed by atoms with Crippen molar-refractivity contribution in [2.75, 3.05) is 19.6 Å². The molecule has 0 saturated carbocycles. The number of rotatable bonds is 6. The molecule has 1 aromatic rings. The van der Waals surface area contributed by atoms with E-state index in [0.717, 1.165) is 5.56 Å². The first kappa shape index (κ1) is 23.9. The number of nitrogens with zero attached hydrogens (tertiary/aromatic N) is 1. The number of amides is 3. The van der Waals surface area contributed by atoms with Crippen LogP contribution < -0.4 is 16.4 Å². The number of likely N-dealkylation sites (tertiary alicyclic amines) is 1. The molecular weight excluding hydrogens is 380 g/mol. The molecule has 7 nitrogen and oxygen atoms in total. The van der Waals surface area contributed by atoms with E-state index in [1.807, 2.05) is 45.0 Å². The Balaban J connectivity index is 0.00000392. The summed E-state index contributed by atoms with van der Waals surface area (Å²) in [7, 11) is 0. The third kappa shape index (κ3) is 6.49. The molecule has 1 aliphatic rings. The first-order valence-corrected chi connectivity index (χ1v) is 9.47. The van der Waals surface area contributed by atoms with E-state index in [1.165, 1.54) is 0 Å². The topological polar surface area (TPSA) is 105 Å². The predicted octanol–water partition coefficient (Wildman–Crippen LogP) is 1.24. The van der Waals surface area contributed by atoms with Crippen molar-refractivity contribution < 1.29 is 14.4 Å². The van der Waals surface area contributed by atoms with Gasteiger partial charge in [-0.05, 0) is 37.3 Å².